The lowest BCUT2D eigenvalue weighted by atomic mass is 9.76. The van der Waals surface area contributed by atoms with Crippen LogP contribution in [0.5, 0.6) is 0 Å². The average molecular weight is 808 g/mol. The number of para-hydroxylation sites is 1. The van der Waals surface area contributed by atoms with Crippen LogP contribution in [-0.2, 0) is 10.8 Å². The molecule has 9 aromatic carbocycles. The van der Waals surface area contributed by atoms with E-state index >= 15 is 0 Å². The van der Waals surface area contributed by atoms with Crippen LogP contribution in [0.2, 0.25) is 0 Å². The molecule has 0 aromatic heterocycles. The van der Waals surface area contributed by atoms with Gasteiger partial charge in [-0.2, -0.15) is 0 Å². The normalized spacial score (nSPS) is 14.8. The van der Waals surface area contributed by atoms with Crippen molar-refractivity contribution in [2.24, 2.45) is 0 Å². The van der Waals surface area contributed by atoms with Crippen molar-refractivity contribution in [1.29, 1.82) is 0 Å². The van der Waals surface area contributed by atoms with Crippen molar-refractivity contribution in [1.82, 2.24) is 0 Å². The molecule has 1 saturated carbocycles. The fourth-order valence-corrected chi connectivity index (χ4v) is 11.7. The molecule has 1 heteroatoms. The predicted octanol–water partition coefficient (Wildman–Crippen LogP) is 17.0. The molecule has 1 spiro atoms. The monoisotopic (exact) mass is 807 g/mol. The first-order valence-electron chi connectivity index (χ1n) is 22.7. The first kappa shape index (κ1) is 37.5. The van der Waals surface area contributed by atoms with E-state index in [4.69, 9.17) is 0 Å². The molecule has 0 bridgehead atoms. The molecule has 0 radical (unpaired) electrons. The topological polar surface area (TPSA) is 3.24 Å². The van der Waals surface area contributed by atoms with Crippen molar-refractivity contribution in [3.05, 3.63) is 235 Å². The molecule has 0 unspecified atom stereocenters. The second-order valence-electron chi connectivity index (χ2n) is 18.4. The summed E-state index contributed by atoms with van der Waals surface area (Å²) in [5, 5.41) is 0. The van der Waals surface area contributed by atoms with Crippen LogP contribution < -0.4 is 4.90 Å². The van der Waals surface area contributed by atoms with Gasteiger partial charge in [0.05, 0.1) is 5.69 Å². The molecule has 9 aromatic rings. The summed E-state index contributed by atoms with van der Waals surface area (Å²) in [4.78, 5) is 2.54. The van der Waals surface area contributed by atoms with E-state index in [0.717, 1.165) is 5.69 Å². The van der Waals surface area contributed by atoms with Gasteiger partial charge in [-0.1, -0.05) is 209 Å². The number of anilines is 3. The quantitative estimate of drug-likeness (QED) is 0.155. The Bertz CT molecular complexity index is 3180. The molecular weight excluding hydrogens is 759 g/mol. The number of hydrogen-bond acceptors (Lipinski definition) is 1. The molecule has 1 fully saturated rings. The average Bonchev–Trinajstić information content (AvgIpc) is 4.02. The van der Waals surface area contributed by atoms with Crippen LogP contribution in [0.15, 0.2) is 212 Å². The van der Waals surface area contributed by atoms with Gasteiger partial charge in [0, 0.05) is 27.8 Å². The molecule has 0 N–H and O–H groups in total. The molecule has 0 aliphatic heterocycles. The summed E-state index contributed by atoms with van der Waals surface area (Å²) in [6.45, 7) is 4.80. The molecule has 3 aliphatic carbocycles. The molecule has 63 heavy (non-hydrogen) atoms. The Labute approximate surface area is 372 Å². The van der Waals surface area contributed by atoms with Gasteiger partial charge in [0.2, 0.25) is 0 Å². The maximum absolute atomic E-state index is 2.55. The van der Waals surface area contributed by atoms with Gasteiger partial charge in [0.15, 0.2) is 0 Å². The van der Waals surface area contributed by atoms with Crippen LogP contribution in [-0.4, -0.2) is 0 Å². The third-order valence-corrected chi connectivity index (χ3v) is 14.6. The van der Waals surface area contributed by atoms with Crippen molar-refractivity contribution in [2.45, 2.75) is 50.4 Å². The largest absolute Gasteiger partial charge is 0.310 e. The Morgan fingerprint density at radius 2 is 0.794 bits per heavy atom. The summed E-state index contributed by atoms with van der Waals surface area (Å²) in [7, 11) is 0. The van der Waals surface area contributed by atoms with Crippen LogP contribution in [0.25, 0.3) is 66.8 Å². The molecular formula is C62H49N. The predicted molar refractivity (Wildman–Crippen MR) is 265 cm³/mol. The van der Waals surface area contributed by atoms with Gasteiger partial charge in [0.1, 0.15) is 0 Å². The molecule has 0 amide bonds. The first-order valence-corrected chi connectivity index (χ1v) is 22.7. The maximum Gasteiger partial charge on any atom is 0.0540 e. The molecule has 0 heterocycles. The van der Waals surface area contributed by atoms with Crippen molar-refractivity contribution in [3.63, 3.8) is 0 Å². The van der Waals surface area contributed by atoms with E-state index in [1.807, 2.05) is 0 Å². The Balaban J connectivity index is 1.01. The highest BCUT2D eigenvalue weighted by molar-refractivity contribution is 5.96. The van der Waals surface area contributed by atoms with Gasteiger partial charge in [-0.05, 0) is 127 Å². The second kappa shape index (κ2) is 14.7. The number of nitrogens with zero attached hydrogens (tertiary/aromatic N) is 1. The van der Waals surface area contributed by atoms with E-state index < -0.39 is 0 Å². The Kier molecular flexibility index (Phi) is 8.76. The zero-order valence-corrected chi connectivity index (χ0v) is 36.0. The van der Waals surface area contributed by atoms with E-state index in [-0.39, 0.29) is 10.8 Å². The fourth-order valence-electron chi connectivity index (χ4n) is 11.7. The minimum absolute atomic E-state index is 0.0655. The van der Waals surface area contributed by atoms with Gasteiger partial charge < -0.3 is 4.90 Å². The highest BCUT2D eigenvalue weighted by Crippen LogP contribution is 2.59. The summed E-state index contributed by atoms with van der Waals surface area (Å²) in [5.74, 6) is 0. The van der Waals surface area contributed by atoms with Gasteiger partial charge >= 0.3 is 0 Å². The van der Waals surface area contributed by atoms with Crippen molar-refractivity contribution in [2.75, 3.05) is 4.90 Å². The SMILES string of the molecule is CC1(C)c2ccccc2-c2cccc(-c3ccccc3N(c3ccc(-c4ccccc4-c4ccc(-c5ccccc5)cc4)cc3)c3ccc4c(c3)C3(CCCC3)c3ccccc3-4)c21. The molecule has 302 valence electrons. The smallest absolute Gasteiger partial charge is 0.0540 e. The zero-order chi connectivity index (χ0) is 42.1. The number of rotatable bonds is 7. The molecule has 0 saturated heterocycles. The zero-order valence-electron chi connectivity index (χ0n) is 36.0. The summed E-state index contributed by atoms with van der Waals surface area (Å²) < 4.78 is 0. The summed E-state index contributed by atoms with van der Waals surface area (Å²) in [6.07, 6.45) is 4.93. The third-order valence-electron chi connectivity index (χ3n) is 14.6. The highest BCUT2D eigenvalue weighted by atomic mass is 15.1. The third kappa shape index (κ3) is 5.90. The first-order chi connectivity index (χ1) is 31.0. The number of hydrogen-bond donors (Lipinski definition) is 0. The lowest BCUT2D eigenvalue weighted by Crippen LogP contribution is -2.21. The van der Waals surface area contributed by atoms with Crippen molar-refractivity contribution >= 4 is 17.1 Å². The van der Waals surface area contributed by atoms with Gasteiger partial charge in [-0.3, -0.25) is 0 Å². The number of fused-ring (bicyclic) bond motifs is 8. The van der Waals surface area contributed by atoms with Gasteiger partial charge in [0.25, 0.3) is 0 Å². The lowest BCUT2D eigenvalue weighted by molar-refractivity contribution is 0.550. The van der Waals surface area contributed by atoms with Crippen molar-refractivity contribution in [3.8, 4) is 66.8 Å². The van der Waals surface area contributed by atoms with Crippen molar-refractivity contribution < 1.29 is 0 Å². The molecule has 12 rings (SSSR count). The van der Waals surface area contributed by atoms with Crippen LogP contribution in [0.3, 0.4) is 0 Å². The number of benzene rings is 9. The van der Waals surface area contributed by atoms with Gasteiger partial charge in [-0.15, -0.1) is 0 Å². The maximum atomic E-state index is 2.55. The molecule has 0 atom stereocenters. The Morgan fingerprint density at radius 1 is 0.333 bits per heavy atom. The highest BCUT2D eigenvalue weighted by Gasteiger charge is 2.45. The van der Waals surface area contributed by atoms with E-state index in [0.29, 0.717) is 0 Å². The standard InChI is InChI=1S/C62H49N/c1-61(2)56-26-11-8-22-51(56)54-24-16-25-55(60(54)61)53-23-10-13-28-59(53)63(47-37-38-52-50-21-9-12-27-57(50)62(58(52)41-47)39-14-15-40-62)46-35-33-45(34-36-46)49-20-7-6-19-48(49)44-31-29-43(30-32-44)42-17-4-3-5-18-42/h3-13,16-38,41H,14-15,39-40H2,1-2H3. The van der Waals surface area contributed by atoms with E-state index in [9.17, 15) is 0 Å². The van der Waals surface area contributed by atoms with E-state index in [1.54, 1.807) is 0 Å². The summed E-state index contributed by atoms with van der Waals surface area (Å²) >= 11 is 0. The Hall–Kier alpha value is -7.22. The van der Waals surface area contributed by atoms with Crippen LogP contribution in [0.4, 0.5) is 17.1 Å². The summed E-state index contributed by atoms with van der Waals surface area (Å²) in [6, 6.07) is 79.3. The lowest BCUT2D eigenvalue weighted by Gasteiger charge is -2.32. The van der Waals surface area contributed by atoms with E-state index in [1.165, 1.54) is 126 Å². The fraction of sp³-hybridized carbons (Fsp3) is 0.129. The minimum Gasteiger partial charge on any atom is -0.310 e. The second-order valence-corrected chi connectivity index (χ2v) is 18.4. The molecule has 3 aliphatic rings. The molecule has 1 nitrogen and oxygen atoms in total. The minimum atomic E-state index is -0.147. The van der Waals surface area contributed by atoms with Crippen LogP contribution in [0, 0.1) is 0 Å². The van der Waals surface area contributed by atoms with Crippen LogP contribution in [0.1, 0.15) is 61.8 Å². The summed E-state index contributed by atoms with van der Waals surface area (Å²) in [5.41, 5.74) is 24.6. The van der Waals surface area contributed by atoms with Gasteiger partial charge in [-0.25, -0.2) is 0 Å². The van der Waals surface area contributed by atoms with E-state index in [2.05, 4.69) is 231 Å². The Morgan fingerprint density at radius 3 is 1.48 bits per heavy atom. The van der Waals surface area contributed by atoms with Crippen LogP contribution >= 0.6 is 0 Å².